The van der Waals surface area contributed by atoms with E-state index < -0.39 is 0 Å². The molecule has 0 aliphatic rings. The number of nitrogens with zero attached hydrogens (tertiary/aromatic N) is 1. The molecule has 0 N–H and O–H groups in total. The summed E-state index contributed by atoms with van der Waals surface area (Å²) in [5, 5.41) is 4.67. The number of hydrogen-bond acceptors (Lipinski definition) is 3. The van der Waals surface area contributed by atoms with Crippen molar-refractivity contribution in [3.05, 3.63) is 237 Å². The molecule has 2 nitrogen and oxygen atoms in total. The fourth-order valence-corrected chi connectivity index (χ4v) is 10.5. The van der Waals surface area contributed by atoms with Gasteiger partial charge in [-0.15, -0.1) is 11.3 Å². The van der Waals surface area contributed by atoms with Crippen LogP contribution in [0.4, 0.5) is 17.1 Å². The maximum Gasteiger partial charge on any atom is 0.137 e. The Kier molecular flexibility index (Phi) is 9.06. The van der Waals surface area contributed by atoms with Gasteiger partial charge in [-0.05, 0) is 104 Å². The van der Waals surface area contributed by atoms with Gasteiger partial charge >= 0.3 is 0 Å². The standard InChI is InChI=1S/C60H39NOS/c1-5-15-40(16-6-1)45-27-32-52-53-34-31-48(39-57(53)62-56(52)37-45)61(47-29-25-44(26-30-47)50-24-14-13-23-49(50)42-19-9-3-10-20-42)55-36-35-51(43-21-11-4-12-22-43)60-59(55)54-33-28-46(38-58(54)63-60)41-17-7-2-8-18-41/h1-39H. The predicted octanol–water partition coefficient (Wildman–Crippen LogP) is 17.8. The van der Waals surface area contributed by atoms with Crippen LogP contribution >= 0.6 is 11.3 Å². The summed E-state index contributed by atoms with van der Waals surface area (Å²) in [4.78, 5) is 2.42. The third-order valence-corrected chi connectivity index (χ3v) is 13.5. The molecule has 0 spiro atoms. The van der Waals surface area contributed by atoms with E-state index in [9.17, 15) is 0 Å². The molecule has 10 aromatic carbocycles. The molecule has 296 valence electrons. The second-order valence-electron chi connectivity index (χ2n) is 16.0. The first kappa shape index (κ1) is 36.8. The maximum absolute atomic E-state index is 6.76. The Morgan fingerprint density at radius 3 is 1.40 bits per heavy atom. The van der Waals surface area contributed by atoms with Crippen molar-refractivity contribution in [2.24, 2.45) is 0 Å². The van der Waals surface area contributed by atoms with Crippen LogP contribution in [0.5, 0.6) is 0 Å². The SMILES string of the molecule is c1ccc(-c2ccc3c(c2)oc2cc(N(c4ccc(-c5ccccc5-c5ccccc5)cc4)c4ccc(-c5ccccc5)c5sc6cc(-c7ccccc7)ccc6c45)ccc23)cc1. The number of furan rings is 1. The van der Waals surface area contributed by atoms with Crippen LogP contribution < -0.4 is 4.90 Å². The lowest BCUT2D eigenvalue weighted by molar-refractivity contribution is 0.669. The average Bonchev–Trinajstić information content (AvgIpc) is 3.93. The van der Waals surface area contributed by atoms with Gasteiger partial charge in [-0.1, -0.05) is 182 Å². The largest absolute Gasteiger partial charge is 0.456 e. The normalized spacial score (nSPS) is 11.5. The topological polar surface area (TPSA) is 16.4 Å². The molecule has 0 fully saturated rings. The van der Waals surface area contributed by atoms with Gasteiger partial charge < -0.3 is 9.32 Å². The Morgan fingerprint density at radius 1 is 0.317 bits per heavy atom. The van der Waals surface area contributed by atoms with E-state index in [0.717, 1.165) is 44.6 Å². The molecule has 0 aliphatic heterocycles. The van der Waals surface area contributed by atoms with Crippen molar-refractivity contribution < 1.29 is 4.42 Å². The Hall–Kier alpha value is -7.98. The minimum Gasteiger partial charge on any atom is -0.456 e. The minimum atomic E-state index is 0.853. The second kappa shape index (κ2) is 15.5. The zero-order valence-electron chi connectivity index (χ0n) is 34.3. The van der Waals surface area contributed by atoms with E-state index in [-0.39, 0.29) is 0 Å². The molecule has 0 saturated carbocycles. The van der Waals surface area contributed by atoms with Crippen LogP contribution in [0, 0.1) is 0 Å². The van der Waals surface area contributed by atoms with Gasteiger partial charge in [0, 0.05) is 48.4 Å². The van der Waals surface area contributed by atoms with E-state index in [0.29, 0.717) is 0 Å². The lowest BCUT2D eigenvalue weighted by atomic mass is 9.94. The summed E-state index contributed by atoms with van der Waals surface area (Å²) in [6.45, 7) is 0. The van der Waals surface area contributed by atoms with Gasteiger partial charge in [0.1, 0.15) is 11.2 Å². The molecule has 0 aliphatic carbocycles. The van der Waals surface area contributed by atoms with E-state index >= 15 is 0 Å². The van der Waals surface area contributed by atoms with Gasteiger partial charge in [0.15, 0.2) is 0 Å². The van der Waals surface area contributed by atoms with Gasteiger partial charge in [0.2, 0.25) is 0 Å². The average molecular weight is 822 g/mol. The Bertz CT molecular complexity index is 3590. The van der Waals surface area contributed by atoms with Crippen molar-refractivity contribution in [2.45, 2.75) is 0 Å². The summed E-state index contributed by atoms with van der Waals surface area (Å²) in [6.07, 6.45) is 0. The molecule has 0 bridgehead atoms. The number of anilines is 3. The summed E-state index contributed by atoms with van der Waals surface area (Å²) in [7, 11) is 0. The van der Waals surface area contributed by atoms with Crippen molar-refractivity contribution >= 4 is 70.5 Å². The molecule has 0 atom stereocenters. The highest BCUT2D eigenvalue weighted by Crippen LogP contribution is 2.50. The summed E-state index contributed by atoms with van der Waals surface area (Å²) in [6, 6.07) is 85.2. The monoisotopic (exact) mass is 821 g/mol. The molecule has 2 heterocycles. The van der Waals surface area contributed by atoms with Gasteiger partial charge in [0.25, 0.3) is 0 Å². The van der Waals surface area contributed by atoms with Gasteiger partial charge in [-0.25, -0.2) is 0 Å². The van der Waals surface area contributed by atoms with Crippen LogP contribution in [0.3, 0.4) is 0 Å². The molecular weight excluding hydrogens is 783 g/mol. The van der Waals surface area contributed by atoms with Crippen molar-refractivity contribution in [1.82, 2.24) is 0 Å². The van der Waals surface area contributed by atoms with Crippen LogP contribution in [-0.4, -0.2) is 0 Å². The molecule has 0 unspecified atom stereocenters. The molecule has 12 rings (SSSR count). The fourth-order valence-electron chi connectivity index (χ4n) is 9.24. The van der Waals surface area contributed by atoms with Crippen LogP contribution in [-0.2, 0) is 0 Å². The van der Waals surface area contributed by atoms with E-state index in [1.54, 1.807) is 0 Å². The van der Waals surface area contributed by atoms with Gasteiger partial charge in [-0.3, -0.25) is 0 Å². The number of hydrogen-bond donors (Lipinski definition) is 0. The molecule has 12 aromatic rings. The van der Waals surface area contributed by atoms with Gasteiger partial charge in [0.05, 0.1) is 5.69 Å². The maximum atomic E-state index is 6.76. The Labute approximate surface area is 370 Å². The Balaban J connectivity index is 1.07. The first-order chi connectivity index (χ1) is 31.2. The summed E-state index contributed by atoms with van der Waals surface area (Å²) in [5.74, 6) is 0. The fraction of sp³-hybridized carbons (Fsp3) is 0. The Morgan fingerprint density at radius 2 is 0.778 bits per heavy atom. The molecule has 63 heavy (non-hydrogen) atoms. The van der Waals surface area contributed by atoms with Crippen LogP contribution in [0.1, 0.15) is 0 Å². The first-order valence-electron chi connectivity index (χ1n) is 21.4. The van der Waals surface area contributed by atoms with E-state index in [2.05, 4.69) is 241 Å². The molecule has 0 amide bonds. The van der Waals surface area contributed by atoms with Crippen molar-refractivity contribution in [1.29, 1.82) is 0 Å². The van der Waals surface area contributed by atoms with Crippen LogP contribution in [0.15, 0.2) is 241 Å². The second-order valence-corrected chi connectivity index (χ2v) is 17.1. The van der Waals surface area contributed by atoms with Gasteiger partial charge in [-0.2, -0.15) is 0 Å². The highest BCUT2D eigenvalue weighted by molar-refractivity contribution is 7.26. The van der Waals surface area contributed by atoms with Crippen molar-refractivity contribution in [3.8, 4) is 55.6 Å². The molecule has 3 heteroatoms. The number of rotatable bonds is 8. The number of fused-ring (bicyclic) bond motifs is 6. The lowest BCUT2D eigenvalue weighted by Gasteiger charge is -2.27. The highest BCUT2D eigenvalue weighted by Gasteiger charge is 2.23. The molecular formula is C60H39NOS. The lowest BCUT2D eigenvalue weighted by Crippen LogP contribution is -2.10. The number of thiophene rings is 1. The highest BCUT2D eigenvalue weighted by atomic mass is 32.1. The van der Waals surface area contributed by atoms with Crippen molar-refractivity contribution in [2.75, 3.05) is 4.90 Å². The molecule has 0 radical (unpaired) electrons. The number of benzene rings is 10. The smallest absolute Gasteiger partial charge is 0.137 e. The van der Waals surface area contributed by atoms with E-state index in [1.165, 1.54) is 70.2 Å². The third-order valence-electron chi connectivity index (χ3n) is 12.3. The summed E-state index contributed by atoms with van der Waals surface area (Å²) < 4.78 is 9.27. The zero-order valence-corrected chi connectivity index (χ0v) is 35.1. The quantitative estimate of drug-likeness (QED) is 0.152. The predicted molar refractivity (Wildman–Crippen MR) is 268 cm³/mol. The zero-order chi connectivity index (χ0) is 41.7. The van der Waals surface area contributed by atoms with E-state index in [1.807, 2.05) is 11.3 Å². The summed E-state index contributed by atoms with van der Waals surface area (Å²) in [5.41, 5.74) is 16.9. The summed E-state index contributed by atoms with van der Waals surface area (Å²) >= 11 is 1.87. The molecule has 0 saturated heterocycles. The first-order valence-corrected chi connectivity index (χ1v) is 22.2. The minimum absolute atomic E-state index is 0.853. The molecule has 2 aromatic heterocycles. The third kappa shape index (κ3) is 6.58. The van der Waals surface area contributed by atoms with E-state index in [4.69, 9.17) is 4.42 Å². The van der Waals surface area contributed by atoms with Crippen LogP contribution in [0.25, 0.3) is 97.7 Å². The van der Waals surface area contributed by atoms with Crippen molar-refractivity contribution in [3.63, 3.8) is 0 Å². The van der Waals surface area contributed by atoms with Crippen LogP contribution in [0.2, 0.25) is 0 Å².